The third-order valence-electron chi connectivity index (χ3n) is 1.63. The maximum absolute atomic E-state index is 5.79. The second-order valence-electron chi connectivity index (χ2n) is 2.51. The van der Waals surface area contributed by atoms with Crippen LogP contribution in [0.15, 0.2) is 24.3 Å². The fraction of sp³-hybridized carbons (Fsp3) is 0.250. The van der Waals surface area contributed by atoms with Gasteiger partial charge in [-0.1, -0.05) is 34.7 Å². The molecule has 0 radical (unpaired) electrons. The minimum atomic E-state index is 0.854. The summed E-state index contributed by atoms with van der Waals surface area (Å²) in [5.41, 5.74) is 5.88. The van der Waals surface area contributed by atoms with Crippen molar-refractivity contribution in [3.05, 3.63) is 24.3 Å². The van der Waals surface area contributed by atoms with Gasteiger partial charge < -0.3 is 10.7 Å². The van der Waals surface area contributed by atoms with E-state index in [0.29, 0.717) is 0 Å². The first-order valence-electron chi connectivity index (χ1n) is 3.75. The molecule has 3 nitrogen and oxygen atoms in total. The van der Waals surface area contributed by atoms with E-state index in [0.717, 1.165) is 22.3 Å². The average Bonchev–Trinajstić information content (AvgIpc) is 2.05. The van der Waals surface area contributed by atoms with Crippen LogP contribution < -0.4 is 16.6 Å². The zero-order valence-corrected chi connectivity index (χ0v) is 8.99. The Balaban J connectivity index is 2.79. The van der Waals surface area contributed by atoms with Crippen LogP contribution in [0.3, 0.4) is 0 Å². The van der Waals surface area contributed by atoms with Crippen molar-refractivity contribution in [2.24, 2.45) is 5.84 Å². The Bertz CT molecular complexity index is 252. The number of halogens is 1. The third-order valence-corrected chi connectivity index (χ3v) is 2.11. The number of rotatable bonds is 3. The lowest BCUT2D eigenvalue weighted by atomic mass is 10.2. The Kier molecular flexibility index (Phi) is 3.77. The van der Waals surface area contributed by atoms with Crippen molar-refractivity contribution in [3.8, 4) is 0 Å². The lowest BCUT2D eigenvalue weighted by Crippen LogP contribution is -2.44. The van der Waals surface area contributed by atoms with Crippen molar-refractivity contribution >= 4 is 34.0 Å². The predicted octanol–water partition coefficient (Wildman–Crippen LogP) is 0.675. The van der Waals surface area contributed by atoms with Crippen LogP contribution in [0.2, 0.25) is 0 Å². The van der Waals surface area contributed by atoms with Gasteiger partial charge in [0.05, 0.1) is 0 Å². The molecule has 0 aliphatic carbocycles. The molecule has 5 N–H and O–H groups in total. The standard InChI is InChI=1S/C8H12IN3/c9-5-6-12(11)8-4-2-1-3-7(8)10/h1-4H,5-6,10-11H2/p+1. The van der Waals surface area contributed by atoms with Gasteiger partial charge in [-0.05, 0) is 6.07 Å². The lowest BCUT2D eigenvalue weighted by molar-refractivity contribution is -0.253. The molecule has 4 heteroatoms. The SMILES string of the molecule is NN(CCI)c1ccccc1[NH3+]. The second kappa shape index (κ2) is 4.64. The van der Waals surface area contributed by atoms with Crippen molar-refractivity contribution in [2.75, 3.05) is 16.0 Å². The Morgan fingerprint density at radius 3 is 2.67 bits per heavy atom. The van der Waals surface area contributed by atoms with E-state index in [4.69, 9.17) is 5.84 Å². The summed E-state index contributed by atoms with van der Waals surface area (Å²) in [6.45, 7) is 0.854. The Labute approximate surface area is 85.8 Å². The quantitative estimate of drug-likeness (QED) is 0.369. The van der Waals surface area contributed by atoms with Gasteiger partial charge in [0.2, 0.25) is 0 Å². The van der Waals surface area contributed by atoms with Crippen molar-refractivity contribution in [1.29, 1.82) is 0 Å². The number of anilines is 1. The van der Waals surface area contributed by atoms with Crippen molar-refractivity contribution in [2.45, 2.75) is 0 Å². The van der Waals surface area contributed by atoms with Gasteiger partial charge in [-0.2, -0.15) is 0 Å². The molecular weight excluding hydrogens is 265 g/mol. The molecule has 1 rings (SSSR count). The first-order chi connectivity index (χ1) is 5.75. The first kappa shape index (κ1) is 9.76. The first-order valence-corrected chi connectivity index (χ1v) is 5.27. The molecule has 0 saturated heterocycles. The lowest BCUT2D eigenvalue weighted by Gasteiger charge is -2.16. The topological polar surface area (TPSA) is 56.9 Å². The van der Waals surface area contributed by atoms with E-state index in [1.54, 1.807) is 5.01 Å². The van der Waals surface area contributed by atoms with Crippen molar-refractivity contribution in [1.82, 2.24) is 0 Å². The van der Waals surface area contributed by atoms with E-state index in [2.05, 4.69) is 28.3 Å². The molecule has 0 unspecified atom stereocenters. The number of hydrazine groups is 1. The normalized spacial score (nSPS) is 9.92. The molecule has 0 aliphatic heterocycles. The van der Waals surface area contributed by atoms with E-state index < -0.39 is 0 Å². The summed E-state index contributed by atoms with van der Waals surface area (Å²) in [5.74, 6) is 5.79. The van der Waals surface area contributed by atoms with E-state index in [9.17, 15) is 0 Å². The highest BCUT2D eigenvalue weighted by Crippen LogP contribution is 2.17. The van der Waals surface area contributed by atoms with Gasteiger partial charge in [0, 0.05) is 17.0 Å². The molecule has 0 aliphatic rings. The van der Waals surface area contributed by atoms with Crippen molar-refractivity contribution in [3.63, 3.8) is 0 Å². The third kappa shape index (κ3) is 2.33. The monoisotopic (exact) mass is 278 g/mol. The number of nitrogens with two attached hydrogens (primary N) is 1. The van der Waals surface area contributed by atoms with Crippen LogP contribution in [0.4, 0.5) is 11.4 Å². The summed E-state index contributed by atoms with van der Waals surface area (Å²) in [4.78, 5) is 0. The molecule has 66 valence electrons. The fourth-order valence-electron chi connectivity index (χ4n) is 1.00. The summed E-state index contributed by atoms with van der Waals surface area (Å²) < 4.78 is 1.02. The van der Waals surface area contributed by atoms with Gasteiger partial charge in [-0.3, -0.25) is 0 Å². The molecule has 12 heavy (non-hydrogen) atoms. The number of alkyl halides is 1. The van der Waals surface area contributed by atoms with Gasteiger partial charge in [0.15, 0.2) is 5.69 Å². The zero-order valence-electron chi connectivity index (χ0n) is 6.83. The van der Waals surface area contributed by atoms with E-state index in [1.165, 1.54) is 0 Å². The molecule has 1 aromatic rings. The summed E-state index contributed by atoms with van der Waals surface area (Å²) >= 11 is 2.30. The molecule has 0 fully saturated rings. The molecule has 0 aromatic heterocycles. The van der Waals surface area contributed by atoms with Gasteiger partial charge in [0.1, 0.15) is 5.69 Å². The van der Waals surface area contributed by atoms with Gasteiger partial charge in [0.25, 0.3) is 0 Å². The Hall–Kier alpha value is -0.330. The fourth-order valence-corrected chi connectivity index (χ4v) is 1.52. The van der Waals surface area contributed by atoms with Gasteiger partial charge in [-0.15, -0.1) is 0 Å². The molecular formula is C8H13IN3+. The summed E-state index contributed by atoms with van der Waals surface area (Å²) in [7, 11) is 0. The number of quaternary nitrogens is 1. The summed E-state index contributed by atoms with van der Waals surface area (Å²) in [6.07, 6.45) is 0. The van der Waals surface area contributed by atoms with Crippen LogP contribution in [0.5, 0.6) is 0 Å². The van der Waals surface area contributed by atoms with Crippen molar-refractivity contribution < 1.29 is 5.73 Å². The van der Waals surface area contributed by atoms with Gasteiger partial charge >= 0.3 is 0 Å². The van der Waals surface area contributed by atoms with Crippen LogP contribution in [-0.4, -0.2) is 11.0 Å². The molecule has 0 amide bonds. The Morgan fingerprint density at radius 1 is 1.42 bits per heavy atom. The van der Waals surface area contributed by atoms with Crippen LogP contribution in [-0.2, 0) is 0 Å². The average molecular weight is 278 g/mol. The molecule has 0 atom stereocenters. The zero-order chi connectivity index (χ0) is 8.97. The van der Waals surface area contributed by atoms with E-state index >= 15 is 0 Å². The molecule has 0 bridgehead atoms. The Morgan fingerprint density at radius 2 is 2.08 bits per heavy atom. The smallest absolute Gasteiger partial charge is 0.152 e. The molecule has 0 spiro atoms. The highest BCUT2D eigenvalue weighted by molar-refractivity contribution is 14.1. The molecule has 0 saturated carbocycles. The second-order valence-corrected chi connectivity index (χ2v) is 3.59. The van der Waals surface area contributed by atoms with Crippen LogP contribution >= 0.6 is 22.6 Å². The minimum absolute atomic E-state index is 0.854. The number of hydrogen-bond acceptors (Lipinski definition) is 2. The van der Waals surface area contributed by atoms with Crippen LogP contribution in [0.1, 0.15) is 0 Å². The minimum Gasteiger partial charge on any atom is -0.323 e. The van der Waals surface area contributed by atoms with E-state index in [-0.39, 0.29) is 0 Å². The molecule has 0 heterocycles. The maximum atomic E-state index is 5.79. The van der Waals surface area contributed by atoms with Gasteiger partial charge in [-0.25, -0.2) is 5.84 Å². The van der Waals surface area contributed by atoms with E-state index in [1.807, 2.05) is 24.3 Å². The number of nitrogens with zero attached hydrogens (tertiary/aromatic N) is 1. The predicted molar refractivity (Wildman–Crippen MR) is 59.4 cm³/mol. The molecule has 1 aromatic carbocycles. The highest BCUT2D eigenvalue weighted by Gasteiger charge is 2.05. The number of para-hydroxylation sites is 1. The maximum Gasteiger partial charge on any atom is 0.152 e. The number of hydrogen-bond donors (Lipinski definition) is 2. The summed E-state index contributed by atoms with van der Waals surface area (Å²) in [6, 6.07) is 7.87. The van der Waals surface area contributed by atoms with Crippen LogP contribution in [0.25, 0.3) is 0 Å². The summed E-state index contributed by atoms with van der Waals surface area (Å²) in [5, 5.41) is 1.73. The highest BCUT2D eigenvalue weighted by atomic mass is 127. The van der Waals surface area contributed by atoms with Crippen LogP contribution in [0, 0.1) is 0 Å². The largest absolute Gasteiger partial charge is 0.323 e. The number of benzene rings is 1.